The maximum Gasteiger partial charge on any atom is 0.123 e. The average Bonchev–Trinajstić information content (AvgIpc) is 2.06. The molecule has 3 N–H and O–H groups in total. The predicted octanol–water partition coefficient (Wildman–Crippen LogP) is 1.59. The van der Waals surface area contributed by atoms with Gasteiger partial charge in [0.25, 0.3) is 0 Å². The van der Waals surface area contributed by atoms with E-state index in [0.29, 0.717) is 0 Å². The van der Waals surface area contributed by atoms with Crippen molar-refractivity contribution in [2.75, 3.05) is 0 Å². The molecule has 0 spiro atoms. The van der Waals surface area contributed by atoms with Gasteiger partial charge in [0.15, 0.2) is 0 Å². The molecule has 0 fully saturated rings. The van der Waals surface area contributed by atoms with Crippen molar-refractivity contribution in [2.45, 2.75) is 19.4 Å². The third-order valence-corrected chi connectivity index (χ3v) is 1.70. The summed E-state index contributed by atoms with van der Waals surface area (Å²) < 4.78 is 0. The van der Waals surface area contributed by atoms with Crippen LogP contribution in [0.1, 0.15) is 19.4 Å². The summed E-state index contributed by atoms with van der Waals surface area (Å²) in [5.74, 6) is 0. The van der Waals surface area contributed by atoms with Crippen LogP contribution in [0.4, 0.5) is 0 Å². The van der Waals surface area contributed by atoms with Crippen LogP contribution in [0.5, 0.6) is 0 Å². The quantitative estimate of drug-likeness (QED) is 0.541. The molecule has 0 aromatic heterocycles. The van der Waals surface area contributed by atoms with E-state index in [9.17, 15) is 0 Å². The van der Waals surface area contributed by atoms with E-state index >= 15 is 0 Å². The lowest BCUT2D eigenvalue weighted by molar-refractivity contribution is -0.318. The molecule has 1 rings (SSSR count). The van der Waals surface area contributed by atoms with Crippen molar-refractivity contribution in [3.63, 3.8) is 0 Å². The van der Waals surface area contributed by atoms with Crippen molar-refractivity contribution in [1.82, 2.24) is 0 Å². The van der Waals surface area contributed by atoms with E-state index < -0.39 is 5.60 Å². The van der Waals surface area contributed by atoms with Crippen molar-refractivity contribution in [2.24, 2.45) is 0 Å². The van der Waals surface area contributed by atoms with Crippen molar-refractivity contribution < 1.29 is 15.6 Å². The topological polar surface area (TPSA) is 61.0 Å². The summed E-state index contributed by atoms with van der Waals surface area (Å²) in [6.07, 6.45) is 0. The summed E-state index contributed by atoms with van der Waals surface area (Å²) >= 11 is 0. The van der Waals surface area contributed by atoms with Crippen LogP contribution in [0.3, 0.4) is 0 Å². The molecule has 0 atom stereocenters. The van der Waals surface area contributed by atoms with Gasteiger partial charge in [-0.15, -0.1) is 0 Å². The van der Waals surface area contributed by atoms with Crippen molar-refractivity contribution in [1.29, 1.82) is 0 Å². The van der Waals surface area contributed by atoms with Crippen LogP contribution in [0.15, 0.2) is 30.3 Å². The molecule has 0 aliphatic rings. The van der Waals surface area contributed by atoms with Crippen LogP contribution in [0.25, 0.3) is 0 Å². The van der Waals surface area contributed by atoms with Gasteiger partial charge in [-0.2, -0.15) is 0 Å². The van der Waals surface area contributed by atoms with E-state index in [2.05, 4.69) is 4.89 Å². The molecular weight excluding hydrogens is 156 g/mol. The Hall–Kier alpha value is -0.900. The molecule has 0 aliphatic carbocycles. The molecule has 0 radical (unpaired) electrons. The second-order valence-electron chi connectivity index (χ2n) is 2.97. The van der Waals surface area contributed by atoms with Crippen LogP contribution in [0, 0.1) is 0 Å². The predicted molar refractivity (Wildman–Crippen MR) is 46.8 cm³/mol. The lowest BCUT2D eigenvalue weighted by atomic mass is 9.99. The first-order chi connectivity index (χ1) is 5.17. The Balaban J connectivity index is 0.00000121. The van der Waals surface area contributed by atoms with Crippen LogP contribution in [0.2, 0.25) is 0 Å². The highest BCUT2D eigenvalue weighted by Gasteiger charge is 2.20. The zero-order valence-corrected chi connectivity index (χ0v) is 7.24. The Morgan fingerprint density at radius 1 is 1.17 bits per heavy atom. The van der Waals surface area contributed by atoms with Crippen LogP contribution in [-0.2, 0) is 10.5 Å². The normalized spacial score (nSPS) is 10.6. The minimum Gasteiger partial charge on any atom is -0.412 e. The van der Waals surface area contributed by atoms with Crippen LogP contribution >= 0.6 is 0 Å². The van der Waals surface area contributed by atoms with Gasteiger partial charge in [-0.1, -0.05) is 30.3 Å². The minimum absolute atomic E-state index is 0. The summed E-state index contributed by atoms with van der Waals surface area (Å²) in [7, 11) is 0. The average molecular weight is 170 g/mol. The maximum atomic E-state index is 8.55. The zero-order valence-electron chi connectivity index (χ0n) is 7.24. The molecule has 0 aliphatic heterocycles. The Morgan fingerprint density at radius 2 is 1.67 bits per heavy atom. The molecule has 1 aromatic rings. The Kier molecular flexibility index (Phi) is 3.89. The van der Waals surface area contributed by atoms with E-state index in [4.69, 9.17) is 5.26 Å². The first kappa shape index (κ1) is 11.1. The van der Waals surface area contributed by atoms with Gasteiger partial charge in [0.05, 0.1) is 0 Å². The lowest BCUT2D eigenvalue weighted by Gasteiger charge is -2.20. The van der Waals surface area contributed by atoms with Gasteiger partial charge < -0.3 is 5.48 Å². The molecule has 0 saturated carbocycles. The maximum absolute atomic E-state index is 8.55. The molecular formula is C9H14O3. The standard InChI is InChI=1S/C9H12O2.H2O/c1-9(2,11-10)8-6-4-3-5-7-8;/h3-7,10H,1-2H3;1H2. The van der Waals surface area contributed by atoms with Crippen LogP contribution < -0.4 is 0 Å². The summed E-state index contributed by atoms with van der Waals surface area (Å²) in [5, 5.41) is 8.55. The van der Waals surface area contributed by atoms with Gasteiger partial charge in [0.2, 0.25) is 0 Å². The third kappa shape index (κ3) is 2.30. The van der Waals surface area contributed by atoms with E-state index in [0.717, 1.165) is 5.56 Å². The van der Waals surface area contributed by atoms with E-state index in [1.54, 1.807) is 0 Å². The monoisotopic (exact) mass is 170 g/mol. The molecule has 0 heterocycles. The van der Waals surface area contributed by atoms with Gasteiger partial charge in [-0.05, 0) is 19.4 Å². The molecule has 0 unspecified atom stereocenters. The molecule has 68 valence electrons. The SMILES string of the molecule is CC(C)(OO)c1ccccc1.O. The second kappa shape index (κ2) is 4.21. The van der Waals surface area contributed by atoms with E-state index in [1.165, 1.54) is 0 Å². The first-order valence-corrected chi connectivity index (χ1v) is 3.55. The third-order valence-electron chi connectivity index (χ3n) is 1.70. The summed E-state index contributed by atoms with van der Waals surface area (Å²) in [5.41, 5.74) is 0.351. The van der Waals surface area contributed by atoms with Gasteiger partial charge in [0, 0.05) is 0 Å². The fraction of sp³-hybridized carbons (Fsp3) is 0.333. The number of hydrogen-bond donors (Lipinski definition) is 1. The molecule has 0 saturated heterocycles. The molecule has 0 amide bonds. The highest BCUT2D eigenvalue weighted by Crippen LogP contribution is 2.22. The fourth-order valence-electron chi connectivity index (χ4n) is 0.892. The van der Waals surface area contributed by atoms with Gasteiger partial charge in [-0.25, -0.2) is 4.89 Å². The van der Waals surface area contributed by atoms with E-state index in [1.807, 2.05) is 44.2 Å². The Morgan fingerprint density at radius 3 is 2.08 bits per heavy atom. The van der Waals surface area contributed by atoms with Crippen molar-refractivity contribution in [3.8, 4) is 0 Å². The van der Waals surface area contributed by atoms with Crippen LogP contribution in [-0.4, -0.2) is 10.7 Å². The number of benzene rings is 1. The van der Waals surface area contributed by atoms with E-state index in [-0.39, 0.29) is 5.48 Å². The zero-order chi connectivity index (χ0) is 8.32. The number of rotatable bonds is 2. The minimum atomic E-state index is -0.610. The molecule has 1 aromatic carbocycles. The van der Waals surface area contributed by atoms with Gasteiger partial charge >= 0.3 is 0 Å². The smallest absolute Gasteiger partial charge is 0.123 e. The fourth-order valence-corrected chi connectivity index (χ4v) is 0.892. The summed E-state index contributed by atoms with van der Waals surface area (Å²) in [6, 6.07) is 9.58. The molecule has 0 bridgehead atoms. The second-order valence-corrected chi connectivity index (χ2v) is 2.97. The summed E-state index contributed by atoms with van der Waals surface area (Å²) in [4.78, 5) is 4.32. The Bertz CT molecular complexity index is 218. The highest BCUT2D eigenvalue weighted by molar-refractivity contribution is 5.20. The van der Waals surface area contributed by atoms with Gasteiger partial charge in [0.1, 0.15) is 5.60 Å². The number of hydrogen-bond acceptors (Lipinski definition) is 2. The first-order valence-electron chi connectivity index (χ1n) is 3.55. The lowest BCUT2D eigenvalue weighted by Crippen LogP contribution is -2.19. The van der Waals surface area contributed by atoms with Crippen molar-refractivity contribution >= 4 is 0 Å². The summed E-state index contributed by atoms with van der Waals surface area (Å²) in [6.45, 7) is 3.62. The Labute approximate surface area is 71.8 Å². The largest absolute Gasteiger partial charge is 0.412 e. The molecule has 3 heteroatoms. The van der Waals surface area contributed by atoms with Crippen molar-refractivity contribution in [3.05, 3.63) is 35.9 Å². The highest BCUT2D eigenvalue weighted by atomic mass is 17.1. The molecule has 3 nitrogen and oxygen atoms in total. The van der Waals surface area contributed by atoms with Gasteiger partial charge in [-0.3, -0.25) is 5.26 Å². The molecule has 12 heavy (non-hydrogen) atoms.